The zero-order valence-corrected chi connectivity index (χ0v) is 7.83. The van der Waals surface area contributed by atoms with E-state index in [4.69, 9.17) is 5.11 Å². The molecular weight excluding hydrogens is 176 g/mol. The number of hydrogen-bond acceptors (Lipinski definition) is 2. The van der Waals surface area contributed by atoms with Gasteiger partial charge in [-0.1, -0.05) is 0 Å². The fraction of sp³-hybridized carbons (Fsp3) is 0.364. The first kappa shape index (κ1) is 8.00. The van der Waals surface area contributed by atoms with Gasteiger partial charge in [0, 0.05) is 17.3 Å². The summed E-state index contributed by atoms with van der Waals surface area (Å²) in [5.74, 6) is 0.724. The second-order valence-electron chi connectivity index (χ2n) is 3.94. The lowest BCUT2D eigenvalue weighted by molar-refractivity contribution is 0.281. The Labute approximate surface area is 81.8 Å². The Hall–Kier alpha value is -1.35. The van der Waals surface area contributed by atoms with Crippen molar-refractivity contribution in [3.8, 4) is 0 Å². The lowest BCUT2D eigenvalue weighted by atomic mass is 10.2. The van der Waals surface area contributed by atoms with E-state index in [0.29, 0.717) is 0 Å². The van der Waals surface area contributed by atoms with Crippen LogP contribution in [-0.2, 0) is 6.61 Å². The number of nitrogens with zero attached hydrogens (tertiary/aromatic N) is 1. The number of rotatable bonds is 2. The van der Waals surface area contributed by atoms with E-state index in [1.807, 2.05) is 6.07 Å². The van der Waals surface area contributed by atoms with Gasteiger partial charge in [-0.15, -0.1) is 0 Å². The molecule has 0 amide bonds. The van der Waals surface area contributed by atoms with Gasteiger partial charge in [0.15, 0.2) is 0 Å². The van der Waals surface area contributed by atoms with Crippen LogP contribution in [0.1, 0.15) is 30.0 Å². The third-order valence-corrected chi connectivity index (χ3v) is 2.75. The van der Waals surface area contributed by atoms with Crippen LogP contribution in [0.5, 0.6) is 0 Å². The number of pyridine rings is 1. The molecule has 0 unspecified atom stereocenters. The van der Waals surface area contributed by atoms with E-state index in [1.54, 1.807) is 6.20 Å². The molecule has 0 radical (unpaired) electrons. The van der Waals surface area contributed by atoms with E-state index >= 15 is 0 Å². The van der Waals surface area contributed by atoms with Gasteiger partial charge in [-0.05, 0) is 36.5 Å². The minimum Gasteiger partial charge on any atom is -0.392 e. The highest BCUT2D eigenvalue weighted by Crippen LogP contribution is 2.40. The average molecular weight is 188 g/mol. The molecule has 0 aliphatic heterocycles. The van der Waals surface area contributed by atoms with Gasteiger partial charge in [0.05, 0.1) is 6.61 Å². The SMILES string of the molecule is OCc1cnc2[nH]c(C3CC3)cc2c1. The fourth-order valence-electron chi connectivity index (χ4n) is 1.78. The topological polar surface area (TPSA) is 48.9 Å². The van der Waals surface area contributed by atoms with Crippen molar-refractivity contribution in [2.45, 2.75) is 25.4 Å². The molecule has 1 saturated carbocycles. The van der Waals surface area contributed by atoms with Crippen molar-refractivity contribution < 1.29 is 5.11 Å². The van der Waals surface area contributed by atoms with Crippen molar-refractivity contribution in [2.24, 2.45) is 0 Å². The molecule has 1 aliphatic rings. The molecule has 2 aromatic rings. The van der Waals surface area contributed by atoms with Crippen molar-refractivity contribution >= 4 is 11.0 Å². The Morgan fingerprint density at radius 3 is 3.00 bits per heavy atom. The number of H-pyrrole nitrogens is 1. The van der Waals surface area contributed by atoms with Crippen LogP contribution in [0.3, 0.4) is 0 Å². The third-order valence-electron chi connectivity index (χ3n) is 2.75. The van der Waals surface area contributed by atoms with Crippen LogP contribution < -0.4 is 0 Å². The van der Waals surface area contributed by atoms with E-state index < -0.39 is 0 Å². The molecule has 0 atom stereocenters. The van der Waals surface area contributed by atoms with Gasteiger partial charge in [-0.2, -0.15) is 0 Å². The molecule has 2 aromatic heterocycles. The smallest absolute Gasteiger partial charge is 0.137 e. The summed E-state index contributed by atoms with van der Waals surface area (Å²) >= 11 is 0. The molecule has 14 heavy (non-hydrogen) atoms. The minimum absolute atomic E-state index is 0.0624. The second-order valence-corrected chi connectivity index (χ2v) is 3.94. The Balaban J connectivity index is 2.12. The number of aliphatic hydroxyl groups is 1. The van der Waals surface area contributed by atoms with E-state index in [9.17, 15) is 0 Å². The lowest BCUT2D eigenvalue weighted by Gasteiger charge is -1.93. The third kappa shape index (κ3) is 1.21. The van der Waals surface area contributed by atoms with Crippen LogP contribution in [0.25, 0.3) is 11.0 Å². The van der Waals surface area contributed by atoms with Crippen LogP contribution in [0, 0.1) is 0 Å². The van der Waals surface area contributed by atoms with Gasteiger partial charge in [0.1, 0.15) is 5.65 Å². The van der Waals surface area contributed by atoms with Gasteiger partial charge >= 0.3 is 0 Å². The summed E-state index contributed by atoms with van der Waals surface area (Å²) in [5.41, 5.74) is 3.10. The van der Waals surface area contributed by atoms with Gasteiger partial charge in [0.25, 0.3) is 0 Å². The highest BCUT2D eigenvalue weighted by atomic mass is 16.3. The standard InChI is InChI=1S/C11H12N2O/c14-6-7-3-9-4-10(8-1-2-8)13-11(9)12-5-7/h3-5,8,14H,1-2,6H2,(H,12,13). The van der Waals surface area contributed by atoms with Crippen molar-refractivity contribution in [3.05, 3.63) is 29.6 Å². The van der Waals surface area contributed by atoms with Crippen LogP contribution in [0.4, 0.5) is 0 Å². The van der Waals surface area contributed by atoms with E-state index in [1.165, 1.54) is 18.5 Å². The van der Waals surface area contributed by atoms with Crippen LogP contribution >= 0.6 is 0 Å². The molecule has 72 valence electrons. The molecule has 1 aliphatic carbocycles. The second kappa shape index (κ2) is 2.82. The van der Waals surface area contributed by atoms with Gasteiger partial charge in [-0.3, -0.25) is 0 Å². The number of hydrogen-bond donors (Lipinski definition) is 2. The van der Waals surface area contributed by atoms with Crippen molar-refractivity contribution in [3.63, 3.8) is 0 Å². The molecule has 1 fully saturated rings. The zero-order valence-electron chi connectivity index (χ0n) is 7.83. The number of aromatic amines is 1. The van der Waals surface area contributed by atoms with Crippen molar-refractivity contribution in [2.75, 3.05) is 0 Å². The van der Waals surface area contributed by atoms with Gasteiger partial charge < -0.3 is 10.1 Å². The minimum atomic E-state index is 0.0624. The Kier molecular flexibility index (Phi) is 1.61. The van der Waals surface area contributed by atoms with Crippen LogP contribution in [0.2, 0.25) is 0 Å². The highest BCUT2D eigenvalue weighted by Gasteiger charge is 2.25. The summed E-state index contributed by atoms with van der Waals surface area (Å²) in [7, 11) is 0. The maximum absolute atomic E-state index is 8.98. The quantitative estimate of drug-likeness (QED) is 0.756. The lowest BCUT2D eigenvalue weighted by Crippen LogP contribution is -1.84. The molecule has 2 N–H and O–H groups in total. The maximum Gasteiger partial charge on any atom is 0.137 e. The zero-order chi connectivity index (χ0) is 9.54. The first-order chi connectivity index (χ1) is 6.86. The van der Waals surface area contributed by atoms with Gasteiger partial charge in [0.2, 0.25) is 0 Å². The van der Waals surface area contributed by atoms with Crippen LogP contribution in [0.15, 0.2) is 18.3 Å². The number of fused-ring (bicyclic) bond motifs is 1. The Bertz CT molecular complexity index is 471. The monoisotopic (exact) mass is 188 g/mol. The Morgan fingerprint density at radius 1 is 1.43 bits per heavy atom. The summed E-state index contributed by atoms with van der Waals surface area (Å²) < 4.78 is 0. The number of nitrogens with one attached hydrogen (secondary N) is 1. The molecule has 3 rings (SSSR count). The normalized spacial score (nSPS) is 16.4. The van der Waals surface area contributed by atoms with Crippen molar-refractivity contribution in [1.82, 2.24) is 9.97 Å². The maximum atomic E-state index is 8.98. The first-order valence-electron chi connectivity index (χ1n) is 4.95. The van der Waals surface area contributed by atoms with Gasteiger partial charge in [-0.25, -0.2) is 4.98 Å². The fourth-order valence-corrected chi connectivity index (χ4v) is 1.78. The first-order valence-corrected chi connectivity index (χ1v) is 4.95. The van der Waals surface area contributed by atoms with E-state index in [0.717, 1.165) is 22.5 Å². The number of aliphatic hydroxyl groups excluding tert-OH is 1. The van der Waals surface area contributed by atoms with E-state index in [2.05, 4.69) is 16.0 Å². The molecule has 3 heteroatoms. The van der Waals surface area contributed by atoms with Crippen molar-refractivity contribution in [1.29, 1.82) is 0 Å². The van der Waals surface area contributed by atoms with Crippen LogP contribution in [-0.4, -0.2) is 15.1 Å². The average Bonchev–Trinajstić information content (AvgIpc) is 2.97. The Morgan fingerprint density at radius 2 is 2.29 bits per heavy atom. The highest BCUT2D eigenvalue weighted by molar-refractivity contribution is 5.77. The molecule has 2 heterocycles. The molecule has 0 saturated heterocycles. The summed E-state index contributed by atoms with van der Waals surface area (Å²) in [6.07, 6.45) is 4.30. The van der Waals surface area contributed by atoms with E-state index in [-0.39, 0.29) is 6.61 Å². The molecule has 0 bridgehead atoms. The summed E-state index contributed by atoms with van der Waals surface area (Å²) in [5, 5.41) is 10.1. The summed E-state index contributed by atoms with van der Waals surface area (Å²) in [6.45, 7) is 0.0624. The summed E-state index contributed by atoms with van der Waals surface area (Å²) in [4.78, 5) is 7.58. The molecule has 0 aromatic carbocycles. The largest absolute Gasteiger partial charge is 0.392 e. The molecular formula is C11H12N2O. The predicted octanol–water partition coefficient (Wildman–Crippen LogP) is 1.93. The molecule has 3 nitrogen and oxygen atoms in total. The predicted molar refractivity (Wildman–Crippen MR) is 54.0 cm³/mol. The number of aromatic nitrogens is 2. The summed E-state index contributed by atoms with van der Waals surface area (Å²) in [6, 6.07) is 4.14. The molecule has 0 spiro atoms.